The molecule has 2 aromatic rings. The number of nitrogens with zero attached hydrogens (tertiary/aromatic N) is 2. The number of rotatable bonds is 5. The summed E-state index contributed by atoms with van der Waals surface area (Å²) in [5.74, 6) is 2.05. The van der Waals surface area contributed by atoms with E-state index in [0.29, 0.717) is 12.5 Å². The molecule has 2 rings (SSSR count). The number of imidazole rings is 1. The summed E-state index contributed by atoms with van der Waals surface area (Å²) in [5, 5.41) is 0. The van der Waals surface area contributed by atoms with E-state index in [1.54, 1.807) is 14.2 Å². The average molecular weight is 269 g/mol. The highest BCUT2D eigenvalue weighted by molar-refractivity contribution is 6.16. The lowest BCUT2D eigenvalue weighted by Gasteiger charge is -2.16. The fourth-order valence-corrected chi connectivity index (χ4v) is 2.34. The van der Waals surface area contributed by atoms with E-state index in [0.717, 1.165) is 22.6 Å². The van der Waals surface area contributed by atoms with Gasteiger partial charge in [0.2, 0.25) is 0 Å². The Labute approximate surface area is 111 Å². The number of benzene rings is 1. The van der Waals surface area contributed by atoms with Gasteiger partial charge in [-0.05, 0) is 19.1 Å². The van der Waals surface area contributed by atoms with Gasteiger partial charge in [-0.2, -0.15) is 0 Å². The van der Waals surface area contributed by atoms with Crippen LogP contribution < -0.4 is 4.74 Å². The lowest BCUT2D eigenvalue weighted by atomic mass is 10.2. The maximum absolute atomic E-state index is 5.97. The van der Waals surface area contributed by atoms with Crippen LogP contribution in [0, 0.1) is 0 Å². The van der Waals surface area contributed by atoms with Crippen molar-refractivity contribution in [3.05, 3.63) is 24.0 Å². The predicted molar refractivity (Wildman–Crippen MR) is 72.4 cm³/mol. The number of halogens is 1. The van der Waals surface area contributed by atoms with Gasteiger partial charge < -0.3 is 14.0 Å². The Morgan fingerprint density at radius 3 is 2.78 bits per heavy atom. The van der Waals surface area contributed by atoms with Crippen molar-refractivity contribution < 1.29 is 9.47 Å². The van der Waals surface area contributed by atoms with Crippen molar-refractivity contribution >= 4 is 22.6 Å². The molecule has 0 aliphatic heterocycles. The number of alkyl halides is 1. The molecule has 98 valence electrons. The van der Waals surface area contributed by atoms with E-state index < -0.39 is 0 Å². The highest BCUT2D eigenvalue weighted by Crippen LogP contribution is 2.26. The van der Waals surface area contributed by atoms with Crippen molar-refractivity contribution in [1.82, 2.24) is 9.55 Å². The van der Waals surface area contributed by atoms with Crippen LogP contribution in [0.25, 0.3) is 11.0 Å². The minimum atomic E-state index is 0.181. The third-order valence-electron chi connectivity index (χ3n) is 2.94. The van der Waals surface area contributed by atoms with E-state index in [2.05, 4.69) is 16.5 Å². The molecular weight excluding hydrogens is 252 g/mol. The molecule has 1 aromatic heterocycles. The lowest BCUT2D eigenvalue weighted by Crippen LogP contribution is -2.13. The van der Waals surface area contributed by atoms with E-state index in [-0.39, 0.29) is 6.04 Å². The first-order valence-corrected chi connectivity index (χ1v) is 6.34. The zero-order chi connectivity index (χ0) is 13.1. The Morgan fingerprint density at radius 2 is 2.17 bits per heavy atom. The normalized spacial score (nSPS) is 12.9. The van der Waals surface area contributed by atoms with Crippen molar-refractivity contribution in [3.63, 3.8) is 0 Å². The van der Waals surface area contributed by atoms with E-state index in [9.17, 15) is 0 Å². The van der Waals surface area contributed by atoms with E-state index >= 15 is 0 Å². The lowest BCUT2D eigenvalue weighted by molar-refractivity contribution is 0.163. The second-order valence-electron chi connectivity index (χ2n) is 4.19. The molecule has 0 bridgehead atoms. The van der Waals surface area contributed by atoms with Gasteiger partial charge in [-0.1, -0.05) is 0 Å². The van der Waals surface area contributed by atoms with Gasteiger partial charge in [-0.25, -0.2) is 4.98 Å². The molecule has 0 saturated carbocycles. The molecule has 18 heavy (non-hydrogen) atoms. The van der Waals surface area contributed by atoms with E-state index in [4.69, 9.17) is 21.1 Å². The predicted octanol–water partition coefficient (Wildman–Crippen LogP) is 2.99. The van der Waals surface area contributed by atoms with Crippen molar-refractivity contribution in [2.45, 2.75) is 18.8 Å². The van der Waals surface area contributed by atoms with Crippen LogP contribution in [0.3, 0.4) is 0 Å². The van der Waals surface area contributed by atoms with Gasteiger partial charge in [0.1, 0.15) is 11.6 Å². The molecule has 0 saturated heterocycles. The number of fused-ring (bicyclic) bond motifs is 1. The molecule has 1 aromatic carbocycles. The minimum Gasteiger partial charge on any atom is -0.497 e. The molecule has 0 N–H and O–H groups in total. The number of methoxy groups -OCH3 is 2. The molecule has 0 fully saturated rings. The molecule has 1 atom stereocenters. The summed E-state index contributed by atoms with van der Waals surface area (Å²) in [7, 11) is 3.35. The maximum atomic E-state index is 5.97. The standard InChI is InChI=1S/C13H17ClN2O2/c1-9(8-17-2)16-12-6-10(18-3)4-5-11(12)15-13(16)7-14/h4-6,9H,7-8H2,1-3H3. The fraction of sp³-hybridized carbons (Fsp3) is 0.462. The van der Waals surface area contributed by atoms with Gasteiger partial charge in [0.15, 0.2) is 0 Å². The van der Waals surface area contributed by atoms with Gasteiger partial charge in [0.05, 0.1) is 36.7 Å². The van der Waals surface area contributed by atoms with Crippen LogP contribution in [0.15, 0.2) is 18.2 Å². The maximum Gasteiger partial charge on any atom is 0.125 e. The molecule has 0 aliphatic rings. The molecule has 0 radical (unpaired) electrons. The summed E-state index contributed by atoms with van der Waals surface area (Å²) in [4.78, 5) is 4.53. The minimum absolute atomic E-state index is 0.181. The first kappa shape index (κ1) is 13.2. The van der Waals surface area contributed by atoms with Crippen LogP contribution in [0.4, 0.5) is 0 Å². The molecule has 1 heterocycles. The Morgan fingerprint density at radius 1 is 1.39 bits per heavy atom. The molecule has 0 amide bonds. The molecule has 4 nitrogen and oxygen atoms in total. The van der Waals surface area contributed by atoms with Crippen LogP contribution in [0.5, 0.6) is 5.75 Å². The second-order valence-corrected chi connectivity index (χ2v) is 4.46. The topological polar surface area (TPSA) is 36.3 Å². The zero-order valence-corrected chi connectivity index (χ0v) is 11.6. The summed E-state index contributed by atoms with van der Waals surface area (Å²) in [6.45, 7) is 2.70. The molecular formula is C13H17ClN2O2. The van der Waals surface area contributed by atoms with Crippen molar-refractivity contribution in [3.8, 4) is 5.75 Å². The highest BCUT2D eigenvalue weighted by Gasteiger charge is 2.15. The zero-order valence-electron chi connectivity index (χ0n) is 10.8. The fourth-order valence-electron chi connectivity index (χ4n) is 2.15. The van der Waals surface area contributed by atoms with Gasteiger partial charge in [0, 0.05) is 13.2 Å². The first-order chi connectivity index (χ1) is 8.71. The van der Waals surface area contributed by atoms with Crippen LogP contribution in [-0.4, -0.2) is 30.4 Å². The van der Waals surface area contributed by atoms with Crippen LogP contribution >= 0.6 is 11.6 Å². The van der Waals surface area contributed by atoms with Crippen LogP contribution in [0.2, 0.25) is 0 Å². The number of ether oxygens (including phenoxy) is 2. The molecule has 0 spiro atoms. The summed E-state index contributed by atoms with van der Waals surface area (Å²) < 4.78 is 12.6. The largest absolute Gasteiger partial charge is 0.497 e. The van der Waals surface area contributed by atoms with Crippen molar-refractivity contribution in [2.24, 2.45) is 0 Å². The molecule has 0 aliphatic carbocycles. The number of aromatic nitrogens is 2. The number of hydrogen-bond acceptors (Lipinski definition) is 3. The van der Waals surface area contributed by atoms with Crippen LogP contribution in [0.1, 0.15) is 18.8 Å². The molecule has 5 heteroatoms. The summed E-state index contributed by atoms with van der Waals surface area (Å²) in [5.41, 5.74) is 1.95. The molecule has 1 unspecified atom stereocenters. The van der Waals surface area contributed by atoms with Gasteiger partial charge in [0.25, 0.3) is 0 Å². The SMILES string of the molecule is COCC(C)n1c(CCl)nc2ccc(OC)cc21. The van der Waals surface area contributed by atoms with Crippen LogP contribution in [-0.2, 0) is 10.6 Å². The van der Waals surface area contributed by atoms with E-state index in [1.165, 1.54) is 0 Å². The second kappa shape index (κ2) is 5.59. The van der Waals surface area contributed by atoms with E-state index in [1.807, 2.05) is 18.2 Å². The summed E-state index contributed by atoms with van der Waals surface area (Å²) >= 11 is 5.97. The average Bonchev–Trinajstić information content (AvgIpc) is 2.76. The van der Waals surface area contributed by atoms with Crippen molar-refractivity contribution in [1.29, 1.82) is 0 Å². The van der Waals surface area contributed by atoms with Gasteiger partial charge in [-0.15, -0.1) is 11.6 Å². The third kappa shape index (κ3) is 2.31. The smallest absolute Gasteiger partial charge is 0.125 e. The Kier molecular flexibility index (Phi) is 4.09. The summed E-state index contributed by atoms with van der Waals surface area (Å²) in [6, 6.07) is 6.00. The highest BCUT2D eigenvalue weighted by atomic mass is 35.5. The summed E-state index contributed by atoms with van der Waals surface area (Å²) in [6.07, 6.45) is 0. The monoisotopic (exact) mass is 268 g/mol. The quantitative estimate of drug-likeness (QED) is 0.782. The van der Waals surface area contributed by atoms with Gasteiger partial charge >= 0.3 is 0 Å². The third-order valence-corrected chi connectivity index (χ3v) is 3.18. The van der Waals surface area contributed by atoms with Gasteiger partial charge in [-0.3, -0.25) is 0 Å². The number of hydrogen-bond donors (Lipinski definition) is 0. The van der Waals surface area contributed by atoms with Crippen molar-refractivity contribution in [2.75, 3.05) is 20.8 Å². The Hall–Kier alpha value is -1.26. The first-order valence-electron chi connectivity index (χ1n) is 5.81. The Balaban J connectivity index is 2.58. The Bertz CT molecular complexity index is 539.